The molecule has 0 unspecified atom stereocenters. The van der Waals surface area contributed by atoms with E-state index in [0.717, 1.165) is 31.5 Å². The van der Waals surface area contributed by atoms with Crippen LogP contribution in [0.1, 0.15) is 48.5 Å². The predicted molar refractivity (Wildman–Crippen MR) is 95.1 cm³/mol. The lowest BCUT2D eigenvalue weighted by Crippen LogP contribution is -2.48. The first kappa shape index (κ1) is 17.6. The standard InChI is InChI=1S/C19H26N4O2/c1-13-6-8-16(9-7-13)11-20-18(24)14(2)23-10-4-5-17(12-23)19-21-15(3)22-25-19/h6-9,14,17H,4-5,10-12H2,1-3H3,(H,20,24)/t14-,17-/m1/s1. The minimum Gasteiger partial charge on any atom is -0.351 e. The summed E-state index contributed by atoms with van der Waals surface area (Å²) in [5.74, 6) is 1.62. The summed E-state index contributed by atoms with van der Waals surface area (Å²) in [6.07, 6.45) is 2.05. The smallest absolute Gasteiger partial charge is 0.237 e. The lowest BCUT2D eigenvalue weighted by atomic mass is 9.96. The molecule has 0 aliphatic carbocycles. The van der Waals surface area contributed by atoms with E-state index in [1.807, 2.05) is 13.8 Å². The first-order valence-electron chi connectivity index (χ1n) is 8.90. The summed E-state index contributed by atoms with van der Waals surface area (Å²) < 4.78 is 5.32. The molecule has 6 heteroatoms. The van der Waals surface area contributed by atoms with Crippen LogP contribution in [0.15, 0.2) is 28.8 Å². The van der Waals surface area contributed by atoms with Crippen LogP contribution in [0.5, 0.6) is 0 Å². The Morgan fingerprint density at radius 3 is 2.80 bits per heavy atom. The Kier molecular flexibility index (Phi) is 5.48. The van der Waals surface area contributed by atoms with Gasteiger partial charge in [0.1, 0.15) is 0 Å². The van der Waals surface area contributed by atoms with Crippen molar-refractivity contribution in [1.29, 1.82) is 0 Å². The highest BCUT2D eigenvalue weighted by molar-refractivity contribution is 5.81. The van der Waals surface area contributed by atoms with E-state index in [1.54, 1.807) is 0 Å². The molecule has 3 rings (SSSR count). The lowest BCUT2D eigenvalue weighted by Gasteiger charge is -2.34. The Labute approximate surface area is 148 Å². The Morgan fingerprint density at radius 2 is 2.12 bits per heavy atom. The van der Waals surface area contributed by atoms with Crippen LogP contribution in [-0.2, 0) is 11.3 Å². The summed E-state index contributed by atoms with van der Waals surface area (Å²) >= 11 is 0. The maximum atomic E-state index is 12.5. The van der Waals surface area contributed by atoms with Gasteiger partial charge >= 0.3 is 0 Å². The number of carbonyl (C=O) groups is 1. The largest absolute Gasteiger partial charge is 0.351 e. The number of likely N-dealkylation sites (tertiary alicyclic amines) is 1. The van der Waals surface area contributed by atoms with Crippen LogP contribution in [0.3, 0.4) is 0 Å². The molecule has 134 valence electrons. The number of rotatable bonds is 5. The monoisotopic (exact) mass is 342 g/mol. The topological polar surface area (TPSA) is 71.3 Å². The third-order valence-electron chi connectivity index (χ3n) is 4.86. The van der Waals surface area contributed by atoms with Crippen LogP contribution in [0.4, 0.5) is 0 Å². The third kappa shape index (κ3) is 4.45. The van der Waals surface area contributed by atoms with E-state index in [-0.39, 0.29) is 17.9 Å². The summed E-state index contributed by atoms with van der Waals surface area (Å²) in [5.41, 5.74) is 2.34. The van der Waals surface area contributed by atoms with Gasteiger partial charge in [0, 0.05) is 13.1 Å². The van der Waals surface area contributed by atoms with Gasteiger partial charge in [-0.25, -0.2) is 0 Å². The van der Waals surface area contributed by atoms with Gasteiger partial charge in [0.05, 0.1) is 12.0 Å². The van der Waals surface area contributed by atoms with E-state index < -0.39 is 0 Å². The van der Waals surface area contributed by atoms with Crippen LogP contribution in [0.25, 0.3) is 0 Å². The molecule has 2 atom stereocenters. The summed E-state index contributed by atoms with van der Waals surface area (Å²) in [7, 11) is 0. The Hall–Kier alpha value is -2.21. The predicted octanol–water partition coefficient (Wildman–Crippen LogP) is 2.57. The fourth-order valence-electron chi connectivity index (χ4n) is 3.25. The van der Waals surface area contributed by atoms with Crippen LogP contribution >= 0.6 is 0 Å². The fourth-order valence-corrected chi connectivity index (χ4v) is 3.25. The van der Waals surface area contributed by atoms with E-state index in [9.17, 15) is 4.79 Å². The van der Waals surface area contributed by atoms with Crippen molar-refractivity contribution in [2.24, 2.45) is 0 Å². The fraction of sp³-hybridized carbons (Fsp3) is 0.526. The molecule has 2 heterocycles. The first-order valence-corrected chi connectivity index (χ1v) is 8.90. The van der Waals surface area contributed by atoms with E-state index in [2.05, 4.69) is 51.5 Å². The van der Waals surface area contributed by atoms with Crippen LogP contribution in [0.2, 0.25) is 0 Å². The molecule has 25 heavy (non-hydrogen) atoms. The number of benzene rings is 1. The van der Waals surface area contributed by atoms with Gasteiger partial charge in [-0.05, 0) is 45.7 Å². The van der Waals surface area contributed by atoms with Crippen molar-refractivity contribution in [1.82, 2.24) is 20.4 Å². The van der Waals surface area contributed by atoms with E-state index in [4.69, 9.17) is 4.52 Å². The molecule has 1 fully saturated rings. The van der Waals surface area contributed by atoms with E-state index in [0.29, 0.717) is 18.3 Å². The second-order valence-corrected chi connectivity index (χ2v) is 6.89. The highest BCUT2D eigenvalue weighted by Crippen LogP contribution is 2.26. The highest BCUT2D eigenvalue weighted by atomic mass is 16.5. The molecule has 1 N–H and O–H groups in total. The highest BCUT2D eigenvalue weighted by Gasteiger charge is 2.30. The molecule has 1 amide bonds. The molecular formula is C19H26N4O2. The van der Waals surface area contributed by atoms with E-state index >= 15 is 0 Å². The van der Waals surface area contributed by atoms with Crippen molar-refractivity contribution >= 4 is 5.91 Å². The second-order valence-electron chi connectivity index (χ2n) is 6.89. The molecule has 1 aliphatic rings. The molecule has 6 nitrogen and oxygen atoms in total. The van der Waals surface area contributed by atoms with Gasteiger partial charge in [0.15, 0.2) is 5.82 Å². The number of aromatic nitrogens is 2. The van der Waals surface area contributed by atoms with Crippen molar-refractivity contribution in [3.8, 4) is 0 Å². The van der Waals surface area contributed by atoms with Crippen LogP contribution in [-0.4, -0.2) is 40.1 Å². The number of carbonyl (C=O) groups excluding carboxylic acids is 1. The summed E-state index contributed by atoms with van der Waals surface area (Å²) in [5, 5.41) is 6.92. The molecule has 0 bridgehead atoms. The number of hydrogen-bond donors (Lipinski definition) is 1. The number of amides is 1. The molecule has 2 aromatic rings. The van der Waals surface area contributed by atoms with Crippen molar-refractivity contribution in [2.45, 2.75) is 52.1 Å². The van der Waals surface area contributed by atoms with Crippen molar-refractivity contribution < 1.29 is 9.32 Å². The number of piperidine rings is 1. The minimum atomic E-state index is -0.169. The molecular weight excluding hydrogens is 316 g/mol. The van der Waals surface area contributed by atoms with Gasteiger partial charge in [-0.2, -0.15) is 4.98 Å². The average Bonchev–Trinajstić information content (AvgIpc) is 3.07. The molecule has 1 aliphatic heterocycles. The normalized spacial score (nSPS) is 19.6. The summed E-state index contributed by atoms with van der Waals surface area (Å²) in [6, 6.07) is 8.06. The van der Waals surface area contributed by atoms with Crippen molar-refractivity contribution in [3.63, 3.8) is 0 Å². The zero-order valence-corrected chi connectivity index (χ0v) is 15.2. The number of hydrogen-bond acceptors (Lipinski definition) is 5. The Morgan fingerprint density at radius 1 is 1.36 bits per heavy atom. The second kappa shape index (κ2) is 7.78. The minimum absolute atomic E-state index is 0.0583. The first-order chi connectivity index (χ1) is 12.0. The third-order valence-corrected chi connectivity index (χ3v) is 4.86. The zero-order chi connectivity index (χ0) is 17.8. The lowest BCUT2D eigenvalue weighted by molar-refractivity contribution is -0.126. The van der Waals surface area contributed by atoms with Crippen LogP contribution < -0.4 is 5.32 Å². The van der Waals surface area contributed by atoms with E-state index in [1.165, 1.54) is 5.56 Å². The molecule has 1 saturated heterocycles. The van der Waals surface area contributed by atoms with Gasteiger partial charge < -0.3 is 9.84 Å². The van der Waals surface area contributed by atoms with Gasteiger partial charge in [-0.15, -0.1) is 0 Å². The quantitative estimate of drug-likeness (QED) is 0.904. The van der Waals surface area contributed by atoms with Crippen LogP contribution in [0, 0.1) is 13.8 Å². The summed E-state index contributed by atoms with van der Waals surface area (Å²) in [6.45, 7) is 8.11. The van der Waals surface area contributed by atoms with Crippen molar-refractivity contribution in [2.75, 3.05) is 13.1 Å². The van der Waals surface area contributed by atoms with Gasteiger partial charge in [-0.1, -0.05) is 35.0 Å². The maximum absolute atomic E-state index is 12.5. The Bertz CT molecular complexity index is 710. The molecule has 0 spiro atoms. The molecule has 1 aromatic carbocycles. The molecule has 0 radical (unpaired) electrons. The van der Waals surface area contributed by atoms with Crippen molar-refractivity contribution in [3.05, 3.63) is 47.1 Å². The SMILES string of the molecule is Cc1ccc(CNC(=O)[C@@H](C)N2CCC[C@@H](c3nc(C)no3)C2)cc1. The summed E-state index contributed by atoms with van der Waals surface area (Å²) in [4.78, 5) is 19.1. The van der Waals surface area contributed by atoms with Gasteiger partial charge in [-0.3, -0.25) is 9.69 Å². The maximum Gasteiger partial charge on any atom is 0.237 e. The zero-order valence-electron chi connectivity index (χ0n) is 15.2. The average molecular weight is 342 g/mol. The molecule has 1 aromatic heterocycles. The molecule has 0 saturated carbocycles. The number of nitrogens with one attached hydrogen (secondary N) is 1. The number of nitrogens with zero attached hydrogens (tertiary/aromatic N) is 3. The van der Waals surface area contributed by atoms with Gasteiger partial charge in [0.2, 0.25) is 11.8 Å². The van der Waals surface area contributed by atoms with Gasteiger partial charge in [0.25, 0.3) is 0 Å². The number of aryl methyl sites for hydroxylation is 2. The Balaban J connectivity index is 1.54.